The predicted octanol–water partition coefficient (Wildman–Crippen LogP) is 3.49. The lowest BCUT2D eigenvalue weighted by Crippen LogP contribution is -2.52. The van der Waals surface area contributed by atoms with E-state index >= 15 is 0 Å². The first-order valence-corrected chi connectivity index (χ1v) is 9.59. The van der Waals surface area contributed by atoms with Crippen molar-refractivity contribution in [2.45, 2.75) is 38.8 Å². The molecule has 1 aliphatic heterocycles. The monoisotopic (exact) mass is 353 g/mol. The molecule has 1 aliphatic carbocycles. The van der Waals surface area contributed by atoms with Crippen LogP contribution < -0.4 is 5.32 Å². The fourth-order valence-corrected chi connectivity index (χ4v) is 4.01. The summed E-state index contributed by atoms with van der Waals surface area (Å²) in [4.78, 5) is 17.1. The molecule has 0 bridgehead atoms. The molecule has 4 rings (SSSR count). The summed E-state index contributed by atoms with van der Waals surface area (Å²) < 4.78 is 5.52. The molecule has 26 heavy (non-hydrogen) atoms. The minimum atomic E-state index is 0.0552. The Kier molecular flexibility index (Phi) is 4.98. The van der Waals surface area contributed by atoms with Gasteiger partial charge >= 0.3 is 6.03 Å². The summed E-state index contributed by atoms with van der Waals surface area (Å²) in [5.41, 5.74) is 3.86. The Balaban J connectivity index is 1.30. The van der Waals surface area contributed by atoms with Crippen molar-refractivity contribution in [3.05, 3.63) is 59.0 Å². The molecule has 2 aliphatic rings. The third kappa shape index (κ3) is 3.63. The predicted molar refractivity (Wildman–Crippen MR) is 101 cm³/mol. The van der Waals surface area contributed by atoms with Gasteiger partial charge in [0.05, 0.1) is 12.3 Å². The van der Waals surface area contributed by atoms with Crippen LogP contribution in [0.5, 0.6) is 0 Å². The van der Waals surface area contributed by atoms with Crippen molar-refractivity contribution < 1.29 is 9.21 Å². The fraction of sp³-hybridized carbons (Fsp3) is 0.476. The lowest BCUT2D eigenvalue weighted by Gasteiger charge is -2.36. The second-order valence-corrected chi connectivity index (χ2v) is 7.38. The van der Waals surface area contributed by atoms with E-state index in [1.807, 2.05) is 11.0 Å². The van der Waals surface area contributed by atoms with E-state index in [0.717, 1.165) is 63.3 Å². The number of amides is 2. The number of piperazine rings is 1. The van der Waals surface area contributed by atoms with Gasteiger partial charge in [-0.05, 0) is 37.0 Å². The van der Waals surface area contributed by atoms with Crippen molar-refractivity contribution in [3.8, 4) is 0 Å². The van der Waals surface area contributed by atoms with Gasteiger partial charge in [0, 0.05) is 44.7 Å². The Morgan fingerprint density at radius 2 is 2.00 bits per heavy atom. The largest absolute Gasteiger partial charge is 0.469 e. The quantitative estimate of drug-likeness (QED) is 0.919. The van der Waals surface area contributed by atoms with E-state index in [4.69, 9.17) is 4.42 Å². The summed E-state index contributed by atoms with van der Waals surface area (Å²) in [5.74, 6) is 1.03. The summed E-state index contributed by atoms with van der Waals surface area (Å²) >= 11 is 0. The zero-order chi connectivity index (χ0) is 17.9. The molecule has 1 saturated heterocycles. The number of fused-ring (bicyclic) bond motifs is 1. The minimum Gasteiger partial charge on any atom is -0.469 e. The number of nitrogens with one attached hydrogen (secondary N) is 1. The van der Waals surface area contributed by atoms with Gasteiger partial charge in [0.15, 0.2) is 0 Å². The van der Waals surface area contributed by atoms with Gasteiger partial charge in [0.25, 0.3) is 0 Å². The van der Waals surface area contributed by atoms with Crippen molar-refractivity contribution in [2.24, 2.45) is 0 Å². The van der Waals surface area contributed by atoms with E-state index in [1.54, 1.807) is 6.26 Å². The summed E-state index contributed by atoms with van der Waals surface area (Å²) in [6.45, 7) is 6.52. The molecule has 1 aromatic carbocycles. The number of nitrogens with zero attached hydrogens (tertiary/aromatic N) is 2. The van der Waals surface area contributed by atoms with Crippen LogP contribution in [-0.4, -0.2) is 42.0 Å². The van der Waals surface area contributed by atoms with Crippen LogP contribution in [0, 0.1) is 6.92 Å². The van der Waals surface area contributed by atoms with Gasteiger partial charge in [0.2, 0.25) is 0 Å². The first kappa shape index (κ1) is 17.2. The summed E-state index contributed by atoms with van der Waals surface area (Å²) in [6.07, 6.45) is 4.77. The van der Waals surface area contributed by atoms with E-state index in [9.17, 15) is 4.79 Å². The first-order valence-electron chi connectivity index (χ1n) is 9.59. The van der Waals surface area contributed by atoms with Crippen LogP contribution in [0.4, 0.5) is 4.79 Å². The van der Waals surface area contributed by atoms with Gasteiger partial charge in [0.1, 0.15) is 5.76 Å². The molecule has 1 aromatic heterocycles. The Bertz CT molecular complexity index is 762. The SMILES string of the molecule is Cc1ccccc1CN1CCN(C(=O)NC2CCCc3occc32)CC1. The average molecular weight is 353 g/mol. The van der Waals surface area contributed by atoms with Crippen molar-refractivity contribution in [1.82, 2.24) is 15.1 Å². The van der Waals surface area contributed by atoms with Crippen LogP contribution in [0.1, 0.15) is 41.3 Å². The Morgan fingerprint density at radius 3 is 2.81 bits per heavy atom. The highest BCUT2D eigenvalue weighted by molar-refractivity contribution is 5.75. The molecule has 1 N–H and O–H groups in total. The Hall–Kier alpha value is -2.27. The van der Waals surface area contributed by atoms with E-state index in [2.05, 4.69) is 41.4 Å². The maximum atomic E-state index is 12.7. The highest BCUT2D eigenvalue weighted by Gasteiger charge is 2.27. The van der Waals surface area contributed by atoms with Gasteiger partial charge in [-0.25, -0.2) is 4.79 Å². The molecule has 1 unspecified atom stereocenters. The van der Waals surface area contributed by atoms with Crippen LogP contribution in [0.2, 0.25) is 0 Å². The molecule has 138 valence electrons. The smallest absolute Gasteiger partial charge is 0.317 e. The number of rotatable bonds is 3. The van der Waals surface area contributed by atoms with Crippen LogP contribution in [-0.2, 0) is 13.0 Å². The molecule has 1 fully saturated rings. The molecule has 2 amide bonds. The lowest BCUT2D eigenvalue weighted by molar-refractivity contribution is 0.132. The number of carbonyl (C=O) groups excluding carboxylic acids is 1. The molecule has 2 aromatic rings. The normalized spacial score (nSPS) is 20.7. The molecule has 5 heteroatoms. The summed E-state index contributed by atoms with van der Waals surface area (Å²) in [7, 11) is 0. The molecule has 2 heterocycles. The van der Waals surface area contributed by atoms with Crippen molar-refractivity contribution in [3.63, 3.8) is 0 Å². The zero-order valence-corrected chi connectivity index (χ0v) is 15.4. The van der Waals surface area contributed by atoms with E-state index in [0.29, 0.717) is 0 Å². The molecule has 0 radical (unpaired) electrons. The number of carbonyl (C=O) groups is 1. The van der Waals surface area contributed by atoms with E-state index < -0.39 is 0 Å². The van der Waals surface area contributed by atoms with Gasteiger partial charge in [-0.15, -0.1) is 0 Å². The van der Waals surface area contributed by atoms with Crippen LogP contribution in [0.25, 0.3) is 0 Å². The van der Waals surface area contributed by atoms with E-state index in [1.165, 1.54) is 11.1 Å². The third-order valence-corrected chi connectivity index (χ3v) is 5.66. The maximum Gasteiger partial charge on any atom is 0.317 e. The van der Waals surface area contributed by atoms with Gasteiger partial charge in [-0.1, -0.05) is 24.3 Å². The summed E-state index contributed by atoms with van der Waals surface area (Å²) in [5, 5.41) is 3.21. The number of benzene rings is 1. The van der Waals surface area contributed by atoms with E-state index in [-0.39, 0.29) is 12.1 Å². The lowest BCUT2D eigenvalue weighted by atomic mass is 9.93. The molecular weight excluding hydrogens is 326 g/mol. The second kappa shape index (κ2) is 7.54. The minimum absolute atomic E-state index is 0.0552. The number of aryl methyl sites for hydroxylation is 2. The summed E-state index contributed by atoms with van der Waals surface area (Å²) in [6, 6.07) is 10.7. The first-order chi connectivity index (χ1) is 12.7. The standard InChI is InChI=1S/C21H27N3O2/c1-16-5-2-3-6-17(16)15-23-10-12-24(13-11-23)21(25)22-19-7-4-8-20-18(19)9-14-26-20/h2-3,5-6,9,14,19H,4,7-8,10-13,15H2,1H3,(H,22,25). The van der Waals surface area contributed by atoms with Crippen molar-refractivity contribution in [1.29, 1.82) is 0 Å². The number of hydrogen-bond acceptors (Lipinski definition) is 3. The zero-order valence-electron chi connectivity index (χ0n) is 15.4. The molecular formula is C21H27N3O2. The Morgan fingerprint density at radius 1 is 1.19 bits per heavy atom. The topological polar surface area (TPSA) is 48.7 Å². The van der Waals surface area contributed by atoms with Crippen LogP contribution in [0.3, 0.4) is 0 Å². The number of urea groups is 1. The highest BCUT2D eigenvalue weighted by atomic mass is 16.3. The Labute approximate surface area is 155 Å². The van der Waals surface area contributed by atoms with Gasteiger partial charge in [-0.3, -0.25) is 4.90 Å². The molecule has 0 saturated carbocycles. The third-order valence-electron chi connectivity index (χ3n) is 5.66. The number of hydrogen-bond donors (Lipinski definition) is 1. The van der Waals surface area contributed by atoms with Crippen LogP contribution >= 0.6 is 0 Å². The van der Waals surface area contributed by atoms with Gasteiger partial charge in [-0.2, -0.15) is 0 Å². The molecule has 0 spiro atoms. The maximum absolute atomic E-state index is 12.7. The average Bonchev–Trinajstić information content (AvgIpc) is 3.14. The van der Waals surface area contributed by atoms with Crippen molar-refractivity contribution in [2.75, 3.05) is 26.2 Å². The fourth-order valence-electron chi connectivity index (χ4n) is 4.01. The molecule has 5 nitrogen and oxygen atoms in total. The van der Waals surface area contributed by atoms with Crippen LogP contribution in [0.15, 0.2) is 41.0 Å². The second-order valence-electron chi connectivity index (χ2n) is 7.38. The number of furan rings is 1. The molecule has 1 atom stereocenters. The van der Waals surface area contributed by atoms with Gasteiger partial charge < -0.3 is 14.6 Å². The highest BCUT2D eigenvalue weighted by Crippen LogP contribution is 2.30. The van der Waals surface area contributed by atoms with Crippen molar-refractivity contribution >= 4 is 6.03 Å².